The van der Waals surface area contributed by atoms with Crippen molar-refractivity contribution >= 4 is 22.6 Å². The number of anilines is 1. The number of H-pyrrole nitrogens is 1. The average Bonchev–Trinajstić information content (AvgIpc) is 3.11. The van der Waals surface area contributed by atoms with Gasteiger partial charge in [0.25, 0.3) is 0 Å². The molecule has 0 amide bonds. The number of carboxylic acid groups (broad SMARTS) is 1. The predicted molar refractivity (Wildman–Crippen MR) is 124 cm³/mol. The number of aliphatic hydroxyl groups excluding tert-OH is 1. The molecule has 1 saturated heterocycles. The van der Waals surface area contributed by atoms with Gasteiger partial charge in [-0.25, -0.2) is 9.18 Å². The van der Waals surface area contributed by atoms with Crippen LogP contribution < -0.4 is 4.90 Å². The van der Waals surface area contributed by atoms with Crippen LogP contribution in [0.15, 0.2) is 42.5 Å². The molecule has 0 radical (unpaired) electrons. The zero-order chi connectivity index (χ0) is 23.0. The number of aromatic nitrogens is 1. The van der Waals surface area contributed by atoms with Gasteiger partial charge in [0.05, 0.1) is 0 Å². The highest BCUT2D eigenvalue weighted by Crippen LogP contribution is 2.28. The van der Waals surface area contributed by atoms with Gasteiger partial charge in [-0.05, 0) is 46.9 Å². The van der Waals surface area contributed by atoms with E-state index in [1.165, 1.54) is 23.8 Å². The highest BCUT2D eigenvalue weighted by Gasteiger charge is 2.26. The van der Waals surface area contributed by atoms with Crippen molar-refractivity contribution in [2.45, 2.75) is 38.8 Å². The van der Waals surface area contributed by atoms with Crippen LogP contribution in [0.2, 0.25) is 0 Å². The van der Waals surface area contributed by atoms with Gasteiger partial charge in [-0.15, -0.1) is 0 Å². The van der Waals surface area contributed by atoms with Crippen molar-refractivity contribution in [3.63, 3.8) is 0 Å². The molecule has 0 aliphatic carbocycles. The first kappa shape index (κ1) is 22.3. The summed E-state index contributed by atoms with van der Waals surface area (Å²) < 4.78 is 13.8. The predicted octanol–water partition coefficient (Wildman–Crippen LogP) is 3.99. The number of hydrogen-bond acceptors (Lipinski definition) is 4. The number of aromatic carboxylic acids is 1. The van der Waals surface area contributed by atoms with E-state index in [0.29, 0.717) is 29.6 Å². The summed E-state index contributed by atoms with van der Waals surface area (Å²) in [5.74, 6) is -1.55. The Bertz CT molecular complexity index is 1110. The number of aliphatic hydroxyl groups is 1. The summed E-state index contributed by atoms with van der Waals surface area (Å²) in [5.41, 5.74) is 3.55. The first-order chi connectivity index (χ1) is 15.1. The fraction of sp³-hybridized carbons (Fsp3) is 0.400. The van der Waals surface area contributed by atoms with Gasteiger partial charge < -0.3 is 20.1 Å². The summed E-state index contributed by atoms with van der Waals surface area (Å²) >= 11 is 0. The first-order valence-corrected chi connectivity index (χ1v) is 10.9. The van der Waals surface area contributed by atoms with Gasteiger partial charge in [-0.1, -0.05) is 32.9 Å². The molecule has 170 valence electrons. The topological polar surface area (TPSA) is 79.8 Å². The van der Waals surface area contributed by atoms with Crippen molar-refractivity contribution in [1.29, 1.82) is 0 Å². The number of aromatic amines is 1. The lowest BCUT2D eigenvalue weighted by atomic mass is 9.87. The van der Waals surface area contributed by atoms with Crippen LogP contribution >= 0.6 is 0 Å². The molecule has 1 fully saturated rings. The lowest BCUT2D eigenvalue weighted by Crippen LogP contribution is -2.51. The minimum absolute atomic E-state index is 0.00206. The fourth-order valence-electron chi connectivity index (χ4n) is 4.38. The Morgan fingerprint density at radius 3 is 2.34 bits per heavy atom. The van der Waals surface area contributed by atoms with Gasteiger partial charge in [0, 0.05) is 49.2 Å². The average molecular weight is 440 g/mol. The Kier molecular flexibility index (Phi) is 5.97. The summed E-state index contributed by atoms with van der Waals surface area (Å²) in [4.78, 5) is 18.8. The van der Waals surface area contributed by atoms with Gasteiger partial charge in [-0.2, -0.15) is 0 Å². The molecule has 3 aromatic rings. The van der Waals surface area contributed by atoms with E-state index in [0.717, 1.165) is 18.8 Å². The minimum atomic E-state index is -1.12. The molecule has 4 rings (SSSR count). The van der Waals surface area contributed by atoms with Crippen molar-refractivity contribution in [3.8, 4) is 0 Å². The lowest BCUT2D eigenvalue weighted by molar-refractivity contribution is 0.00116. The molecule has 1 unspecified atom stereocenters. The molecular weight excluding hydrogens is 409 g/mol. The van der Waals surface area contributed by atoms with Crippen LogP contribution in [0.4, 0.5) is 10.1 Å². The van der Waals surface area contributed by atoms with Crippen LogP contribution in [0.25, 0.3) is 10.9 Å². The molecule has 0 bridgehead atoms. The number of carboxylic acids is 1. The minimum Gasteiger partial charge on any atom is -0.477 e. The molecule has 1 atom stereocenters. The van der Waals surface area contributed by atoms with Gasteiger partial charge in [0.1, 0.15) is 17.7 Å². The van der Waals surface area contributed by atoms with Gasteiger partial charge >= 0.3 is 5.97 Å². The van der Waals surface area contributed by atoms with Crippen molar-refractivity contribution in [1.82, 2.24) is 9.88 Å². The zero-order valence-electron chi connectivity index (χ0n) is 18.7. The van der Waals surface area contributed by atoms with E-state index in [-0.39, 0.29) is 17.5 Å². The number of halogens is 1. The van der Waals surface area contributed by atoms with E-state index in [4.69, 9.17) is 0 Å². The molecule has 0 spiro atoms. The normalized spacial score (nSPS) is 16.5. The third-order valence-corrected chi connectivity index (χ3v) is 6.30. The number of nitrogens with one attached hydrogen (secondary N) is 1. The monoisotopic (exact) mass is 439 g/mol. The number of piperazine rings is 1. The maximum Gasteiger partial charge on any atom is 0.352 e. The number of benzene rings is 2. The number of hydrogen-bond donors (Lipinski definition) is 3. The number of rotatable bonds is 5. The molecule has 2 heterocycles. The van der Waals surface area contributed by atoms with Crippen LogP contribution in [-0.4, -0.2) is 58.5 Å². The van der Waals surface area contributed by atoms with Crippen LogP contribution in [0.1, 0.15) is 42.4 Å². The fourth-order valence-corrected chi connectivity index (χ4v) is 4.38. The second kappa shape index (κ2) is 8.56. The van der Waals surface area contributed by atoms with E-state index >= 15 is 0 Å². The third-order valence-electron chi connectivity index (χ3n) is 6.30. The SMILES string of the molecule is CC(C)(C)c1ccc(N2CCN(C(O)Cc3c(C(=O)O)[nH]c4ccc(F)cc34)CC2)cc1. The van der Waals surface area contributed by atoms with E-state index in [9.17, 15) is 19.4 Å². The Balaban J connectivity index is 1.44. The molecule has 32 heavy (non-hydrogen) atoms. The van der Waals surface area contributed by atoms with Crippen molar-refractivity contribution in [2.24, 2.45) is 0 Å². The third kappa shape index (κ3) is 4.49. The highest BCUT2D eigenvalue weighted by molar-refractivity contribution is 5.97. The van der Waals surface area contributed by atoms with Crippen molar-refractivity contribution in [3.05, 3.63) is 65.1 Å². The van der Waals surface area contributed by atoms with Gasteiger partial charge in [0.15, 0.2) is 0 Å². The van der Waals surface area contributed by atoms with Crippen molar-refractivity contribution < 1.29 is 19.4 Å². The zero-order valence-corrected chi connectivity index (χ0v) is 18.7. The van der Waals surface area contributed by atoms with E-state index in [1.54, 1.807) is 0 Å². The summed E-state index contributed by atoms with van der Waals surface area (Å²) in [6, 6.07) is 12.8. The van der Waals surface area contributed by atoms with Crippen LogP contribution in [-0.2, 0) is 11.8 Å². The number of carbonyl (C=O) groups is 1. The first-order valence-electron chi connectivity index (χ1n) is 10.9. The van der Waals surface area contributed by atoms with Crippen LogP contribution in [0.5, 0.6) is 0 Å². The molecule has 1 aliphatic rings. The number of fused-ring (bicyclic) bond motifs is 1. The van der Waals surface area contributed by atoms with Gasteiger partial charge in [-0.3, -0.25) is 4.90 Å². The Hall–Kier alpha value is -2.90. The summed E-state index contributed by atoms with van der Waals surface area (Å²) in [5, 5.41) is 20.9. The Morgan fingerprint density at radius 1 is 1.09 bits per heavy atom. The molecule has 0 saturated carbocycles. The molecular formula is C25H30FN3O3. The summed E-state index contributed by atoms with van der Waals surface area (Å²) in [6.07, 6.45) is -0.730. The maximum atomic E-state index is 13.8. The van der Waals surface area contributed by atoms with E-state index < -0.39 is 18.0 Å². The summed E-state index contributed by atoms with van der Waals surface area (Å²) in [7, 11) is 0. The van der Waals surface area contributed by atoms with Crippen LogP contribution in [0, 0.1) is 5.82 Å². The molecule has 1 aliphatic heterocycles. The van der Waals surface area contributed by atoms with Crippen LogP contribution in [0.3, 0.4) is 0 Å². The second-order valence-corrected chi connectivity index (χ2v) is 9.48. The van der Waals surface area contributed by atoms with Gasteiger partial charge in [0.2, 0.25) is 0 Å². The Labute approximate surface area is 187 Å². The molecule has 7 heteroatoms. The lowest BCUT2D eigenvalue weighted by Gasteiger charge is -2.38. The standard InChI is InChI=1S/C25H30FN3O3/c1-25(2,3)16-4-7-18(8-5-16)28-10-12-29(13-11-28)22(30)15-20-19-14-17(26)6-9-21(19)27-23(20)24(31)32/h4-9,14,22,27,30H,10-13,15H2,1-3H3,(H,31,32). The van der Waals surface area contributed by atoms with E-state index in [1.807, 2.05) is 4.90 Å². The largest absolute Gasteiger partial charge is 0.477 e. The molecule has 1 aromatic heterocycles. The molecule has 6 nitrogen and oxygen atoms in total. The van der Waals surface area contributed by atoms with Crippen molar-refractivity contribution in [2.75, 3.05) is 31.1 Å². The van der Waals surface area contributed by atoms with E-state index in [2.05, 4.69) is 54.9 Å². The Morgan fingerprint density at radius 2 is 1.75 bits per heavy atom. The summed E-state index contributed by atoms with van der Waals surface area (Å²) in [6.45, 7) is 9.42. The molecule has 2 aromatic carbocycles. The smallest absolute Gasteiger partial charge is 0.352 e. The highest BCUT2D eigenvalue weighted by atomic mass is 19.1. The second-order valence-electron chi connectivity index (χ2n) is 9.48. The maximum absolute atomic E-state index is 13.8. The quantitative estimate of drug-likeness (QED) is 0.560. The number of nitrogens with zero attached hydrogens (tertiary/aromatic N) is 2. The molecule has 3 N–H and O–H groups in total.